The van der Waals surface area contributed by atoms with E-state index in [1.165, 1.54) is 12.2 Å². The highest BCUT2D eigenvalue weighted by atomic mass is 16.7. The van der Waals surface area contributed by atoms with Crippen molar-refractivity contribution in [2.24, 2.45) is 20.0 Å². The molecule has 16 nitrogen and oxygen atoms in total. The smallest absolute Gasteiger partial charge is 0.258 e. The quantitative estimate of drug-likeness (QED) is 0.358. The van der Waals surface area contributed by atoms with Gasteiger partial charge in [0.15, 0.2) is 0 Å². The Morgan fingerprint density at radius 1 is 0.500 bits per heavy atom. The first kappa shape index (κ1) is 25.7. The van der Waals surface area contributed by atoms with Gasteiger partial charge in [0.25, 0.3) is 0 Å². The van der Waals surface area contributed by atoms with Crippen LogP contribution in [0.2, 0.25) is 0 Å². The summed E-state index contributed by atoms with van der Waals surface area (Å²) >= 11 is 0. The predicted octanol–water partition coefficient (Wildman–Crippen LogP) is 4.74. The van der Waals surface area contributed by atoms with Gasteiger partial charge in [-0.1, -0.05) is 0 Å². The van der Waals surface area contributed by atoms with E-state index in [1.807, 2.05) is 0 Å². The zero-order chi connectivity index (χ0) is 29.7. The molecule has 5 aliphatic rings. The Labute approximate surface area is 232 Å². The van der Waals surface area contributed by atoms with Gasteiger partial charge < -0.3 is 0 Å². The molecule has 0 N–H and O–H groups in total. The monoisotopic (exact) mass is 564 g/mol. The number of nitro groups is 4. The van der Waals surface area contributed by atoms with Crippen LogP contribution in [-0.2, 0) is 0 Å². The summed E-state index contributed by atoms with van der Waals surface area (Å²) in [7, 11) is 0. The molecule has 1 aromatic carbocycles. The maximum atomic E-state index is 12.3. The number of allylic oxidation sites excluding steroid dienone is 12. The summed E-state index contributed by atoms with van der Waals surface area (Å²) in [5.41, 5.74) is -3.65. The summed E-state index contributed by atoms with van der Waals surface area (Å²) in [6.07, 6.45) is 18.0. The van der Waals surface area contributed by atoms with Gasteiger partial charge in [0.1, 0.15) is 0 Å². The molecule has 0 fully saturated rings. The van der Waals surface area contributed by atoms with Crippen LogP contribution in [0.15, 0.2) is 116 Å². The van der Waals surface area contributed by atoms with Crippen LogP contribution in [-0.4, -0.2) is 42.5 Å². The lowest BCUT2D eigenvalue weighted by atomic mass is 9.94. The number of hydrogen-bond donors (Lipinski definition) is 0. The molecule has 0 radical (unpaired) electrons. The number of rotatable bonds is 5. The second-order valence-electron chi connectivity index (χ2n) is 8.93. The number of nitro benzene ring substituents is 4. The maximum absolute atomic E-state index is 12.3. The Kier molecular flexibility index (Phi) is 5.85. The molecule has 8 bridgehead atoms. The standard InChI is InChI=1S/C26H12N8O8/c35-31(36)22-12-19(24(32(37)38)26(34(41)42)25(22)33(39)40)23-20-7-5-17(29-20)10-15-3-1-13(27-15)9-14-2-4-16(28-14)11-18-6-8-21(23)30-18/h1-12H. The molecule has 42 heavy (non-hydrogen) atoms. The molecule has 0 atom stereocenters. The number of benzene rings is 1. The van der Waals surface area contributed by atoms with Crippen LogP contribution in [0.3, 0.4) is 0 Å². The van der Waals surface area contributed by atoms with Gasteiger partial charge in [0.2, 0.25) is 0 Å². The third-order valence-electron chi connectivity index (χ3n) is 6.33. The minimum atomic E-state index is -1.64. The van der Waals surface area contributed by atoms with E-state index in [9.17, 15) is 40.5 Å². The van der Waals surface area contributed by atoms with E-state index in [-0.39, 0.29) is 17.0 Å². The van der Waals surface area contributed by atoms with Gasteiger partial charge in [-0.25, -0.2) is 20.0 Å². The highest BCUT2D eigenvalue weighted by Gasteiger charge is 2.47. The first-order chi connectivity index (χ1) is 20.1. The van der Waals surface area contributed by atoms with Crippen molar-refractivity contribution in [3.05, 3.63) is 142 Å². The normalized spacial score (nSPS) is 17.9. The molecule has 0 aliphatic carbocycles. The number of nitrogens with zero attached hydrogens (tertiary/aromatic N) is 8. The minimum Gasteiger partial charge on any atom is -0.258 e. The fourth-order valence-electron chi connectivity index (χ4n) is 4.67. The van der Waals surface area contributed by atoms with Crippen LogP contribution in [0.25, 0.3) is 5.57 Å². The van der Waals surface area contributed by atoms with Gasteiger partial charge in [-0.3, -0.25) is 40.5 Å². The second-order valence-corrected chi connectivity index (χ2v) is 8.93. The van der Waals surface area contributed by atoms with E-state index in [1.54, 1.807) is 54.7 Å². The van der Waals surface area contributed by atoms with Crippen molar-refractivity contribution in [1.29, 1.82) is 0 Å². The fourth-order valence-corrected chi connectivity index (χ4v) is 4.67. The van der Waals surface area contributed by atoms with Crippen molar-refractivity contribution in [2.75, 3.05) is 0 Å². The van der Waals surface area contributed by atoms with Crippen LogP contribution in [0.5, 0.6) is 0 Å². The molecule has 204 valence electrons. The Bertz CT molecular complexity index is 1980. The average Bonchev–Trinajstić information content (AvgIpc) is 3.74. The van der Waals surface area contributed by atoms with Crippen molar-refractivity contribution < 1.29 is 19.7 Å². The van der Waals surface area contributed by atoms with Crippen molar-refractivity contribution in [1.82, 2.24) is 0 Å². The third kappa shape index (κ3) is 4.39. The van der Waals surface area contributed by atoms with E-state index in [0.29, 0.717) is 40.3 Å². The average molecular weight is 564 g/mol. The fraction of sp³-hybridized carbons (Fsp3) is 0. The molecule has 5 heterocycles. The molecular weight excluding hydrogens is 552 g/mol. The van der Waals surface area contributed by atoms with Crippen LogP contribution >= 0.6 is 0 Å². The lowest BCUT2D eigenvalue weighted by molar-refractivity contribution is -0.452. The van der Waals surface area contributed by atoms with E-state index in [4.69, 9.17) is 0 Å². The molecule has 5 aliphatic heterocycles. The molecule has 1 aromatic rings. The largest absolute Gasteiger partial charge is 0.430 e. The summed E-state index contributed by atoms with van der Waals surface area (Å²) in [6, 6.07) is 0.568. The first-order valence-electron chi connectivity index (χ1n) is 11.8. The van der Waals surface area contributed by atoms with Gasteiger partial charge >= 0.3 is 22.7 Å². The lowest BCUT2D eigenvalue weighted by Crippen LogP contribution is -2.10. The summed E-state index contributed by atoms with van der Waals surface area (Å²) < 4.78 is 0. The summed E-state index contributed by atoms with van der Waals surface area (Å²) in [5, 5.41) is 47.8. The van der Waals surface area contributed by atoms with Crippen LogP contribution in [0.1, 0.15) is 5.56 Å². The van der Waals surface area contributed by atoms with E-state index < -0.39 is 48.0 Å². The van der Waals surface area contributed by atoms with Crippen molar-refractivity contribution in [2.45, 2.75) is 0 Å². The van der Waals surface area contributed by atoms with Gasteiger partial charge in [0.05, 0.1) is 70.9 Å². The highest BCUT2D eigenvalue weighted by Crippen LogP contribution is 2.48. The van der Waals surface area contributed by atoms with Crippen molar-refractivity contribution in [3.63, 3.8) is 0 Å². The van der Waals surface area contributed by atoms with Gasteiger partial charge in [-0.15, -0.1) is 0 Å². The SMILES string of the molecule is O=[N+]([O-])c1cc(C2=C3C=CC(=N3)C=C3C=CC(=N3)C=C3C=CC(=N3)C=C3C=CC2=N3)c([N+](=O)[O-])c([N+](=O)[O-])c1[N+](=O)[O-]. The van der Waals surface area contributed by atoms with Crippen molar-refractivity contribution >= 4 is 51.2 Å². The molecule has 0 aromatic heterocycles. The van der Waals surface area contributed by atoms with E-state index in [0.717, 1.165) is 0 Å². The Balaban J connectivity index is 1.69. The third-order valence-corrected chi connectivity index (χ3v) is 6.33. The Hall–Kier alpha value is -6.58. The van der Waals surface area contributed by atoms with Gasteiger partial charge in [-0.2, -0.15) is 0 Å². The van der Waals surface area contributed by atoms with E-state index >= 15 is 0 Å². The molecule has 0 amide bonds. The van der Waals surface area contributed by atoms with Gasteiger partial charge in [-0.05, 0) is 66.8 Å². The van der Waals surface area contributed by atoms with Crippen LogP contribution in [0, 0.1) is 40.5 Å². The predicted molar refractivity (Wildman–Crippen MR) is 151 cm³/mol. The van der Waals surface area contributed by atoms with Crippen LogP contribution < -0.4 is 0 Å². The minimum absolute atomic E-state index is 0.0191. The second kappa shape index (κ2) is 9.56. The van der Waals surface area contributed by atoms with E-state index in [2.05, 4.69) is 20.0 Å². The summed E-state index contributed by atoms with van der Waals surface area (Å²) in [5.74, 6) is 0. The molecule has 0 saturated carbocycles. The number of hydrogen-bond acceptors (Lipinski definition) is 12. The molecule has 6 rings (SSSR count). The molecule has 16 heteroatoms. The topological polar surface area (TPSA) is 222 Å². The Morgan fingerprint density at radius 2 is 1.00 bits per heavy atom. The summed E-state index contributed by atoms with van der Waals surface area (Å²) in [6.45, 7) is 0. The molecular formula is C26H12N8O8. The zero-order valence-corrected chi connectivity index (χ0v) is 20.8. The first-order valence-corrected chi connectivity index (χ1v) is 11.8. The number of aliphatic imine (C=N–C) groups is 4. The number of fused-ring (bicyclic) bond motifs is 4. The lowest BCUT2D eigenvalue weighted by Gasteiger charge is -2.10. The molecule has 0 spiro atoms. The molecule has 0 saturated heterocycles. The maximum Gasteiger partial charge on any atom is 0.430 e. The van der Waals surface area contributed by atoms with Crippen LogP contribution in [0.4, 0.5) is 22.7 Å². The highest BCUT2D eigenvalue weighted by molar-refractivity contribution is 6.33. The Morgan fingerprint density at radius 3 is 1.55 bits per heavy atom. The van der Waals surface area contributed by atoms with Crippen molar-refractivity contribution in [3.8, 4) is 0 Å². The van der Waals surface area contributed by atoms with Gasteiger partial charge in [0, 0.05) is 11.6 Å². The summed E-state index contributed by atoms with van der Waals surface area (Å²) in [4.78, 5) is 60.6. The zero-order valence-electron chi connectivity index (χ0n) is 20.8. The molecule has 0 unspecified atom stereocenters.